The van der Waals surface area contributed by atoms with Crippen molar-refractivity contribution >= 4 is 38.1 Å². The normalized spacial score (nSPS) is 11.0. The van der Waals surface area contributed by atoms with Crippen LogP contribution in [0.25, 0.3) is 20.9 Å². The Morgan fingerprint density at radius 3 is 2.69 bits per heavy atom. The van der Waals surface area contributed by atoms with Crippen LogP contribution in [0.15, 0.2) is 41.8 Å². The fourth-order valence-corrected chi connectivity index (χ4v) is 3.05. The van der Waals surface area contributed by atoms with Crippen molar-refractivity contribution in [1.29, 1.82) is 0 Å². The zero-order valence-corrected chi connectivity index (χ0v) is 9.25. The molecule has 0 fully saturated rings. The van der Waals surface area contributed by atoms with Gasteiger partial charge in [0.2, 0.25) is 5.91 Å². The summed E-state index contributed by atoms with van der Waals surface area (Å²) in [5, 5.41) is 5.15. The minimum Gasteiger partial charge on any atom is -0.366 e. The summed E-state index contributed by atoms with van der Waals surface area (Å²) in [5.41, 5.74) is 5.95. The number of rotatable bonds is 1. The van der Waals surface area contributed by atoms with Gasteiger partial charge in [-0.2, -0.15) is 0 Å². The maximum atomic E-state index is 11.2. The Labute approximate surface area is 96.3 Å². The van der Waals surface area contributed by atoms with Crippen LogP contribution in [-0.4, -0.2) is 5.91 Å². The first-order chi connectivity index (χ1) is 7.77. The number of benzene rings is 2. The Kier molecular flexibility index (Phi) is 1.94. The largest absolute Gasteiger partial charge is 0.366 e. The number of fused-ring (bicyclic) bond motifs is 3. The highest BCUT2D eigenvalue weighted by Crippen LogP contribution is 2.32. The highest BCUT2D eigenvalue weighted by molar-refractivity contribution is 7.18. The fourth-order valence-electron chi connectivity index (χ4n) is 1.95. The molecule has 1 heterocycles. The summed E-state index contributed by atoms with van der Waals surface area (Å²) in [6.07, 6.45) is 0. The second-order valence-corrected chi connectivity index (χ2v) is 4.56. The Balaban J connectivity index is 2.49. The first-order valence-corrected chi connectivity index (χ1v) is 5.84. The molecule has 0 bridgehead atoms. The van der Waals surface area contributed by atoms with Gasteiger partial charge in [-0.05, 0) is 10.8 Å². The van der Waals surface area contributed by atoms with Crippen molar-refractivity contribution in [2.75, 3.05) is 0 Å². The molecule has 2 aromatic carbocycles. The molecule has 0 saturated carbocycles. The van der Waals surface area contributed by atoms with Gasteiger partial charge in [0.25, 0.3) is 0 Å². The lowest BCUT2D eigenvalue weighted by Gasteiger charge is -1.99. The second-order valence-electron chi connectivity index (χ2n) is 3.68. The lowest BCUT2D eigenvalue weighted by atomic mass is 10.1. The first kappa shape index (κ1) is 9.36. The summed E-state index contributed by atoms with van der Waals surface area (Å²) < 4.78 is 1.13. The van der Waals surface area contributed by atoms with Gasteiger partial charge in [-0.3, -0.25) is 4.79 Å². The number of carbonyl (C=O) groups is 1. The van der Waals surface area contributed by atoms with Gasteiger partial charge in [0.05, 0.1) is 5.56 Å². The standard InChI is InChI=1S/C13H9NOS/c14-13(15)11-7-16-12-9-4-2-1-3-8(9)5-6-10(11)12/h1-7H,(H2,14,15). The van der Waals surface area contributed by atoms with Gasteiger partial charge in [0, 0.05) is 15.5 Å². The van der Waals surface area contributed by atoms with Gasteiger partial charge < -0.3 is 5.73 Å². The summed E-state index contributed by atoms with van der Waals surface area (Å²) in [4.78, 5) is 11.2. The molecule has 3 rings (SSSR count). The van der Waals surface area contributed by atoms with Crippen LogP contribution in [0.1, 0.15) is 10.4 Å². The van der Waals surface area contributed by atoms with E-state index in [0.717, 1.165) is 10.1 Å². The molecule has 16 heavy (non-hydrogen) atoms. The van der Waals surface area contributed by atoms with Crippen molar-refractivity contribution in [2.24, 2.45) is 5.73 Å². The number of thiophene rings is 1. The molecule has 0 unspecified atom stereocenters. The molecule has 3 heteroatoms. The van der Waals surface area contributed by atoms with Crippen LogP contribution in [0, 0.1) is 0 Å². The van der Waals surface area contributed by atoms with Crippen LogP contribution in [0.4, 0.5) is 0 Å². The number of primary amides is 1. The van der Waals surface area contributed by atoms with E-state index in [1.807, 2.05) is 29.6 Å². The minimum absolute atomic E-state index is 0.360. The van der Waals surface area contributed by atoms with Crippen molar-refractivity contribution in [1.82, 2.24) is 0 Å². The van der Waals surface area contributed by atoms with Crippen molar-refractivity contribution in [2.45, 2.75) is 0 Å². The average Bonchev–Trinajstić information content (AvgIpc) is 2.73. The maximum absolute atomic E-state index is 11.2. The Morgan fingerprint density at radius 2 is 1.88 bits per heavy atom. The van der Waals surface area contributed by atoms with E-state index in [2.05, 4.69) is 12.1 Å². The van der Waals surface area contributed by atoms with E-state index < -0.39 is 0 Å². The van der Waals surface area contributed by atoms with Crippen molar-refractivity contribution in [3.05, 3.63) is 47.3 Å². The monoisotopic (exact) mass is 227 g/mol. The number of hydrogen-bond acceptors (Lipinski definition) is 2. The Morgan fingerprint density at radius 1 is 1.06 bits per heavy atom. The SMILES string of the molecule is NC(=O)c1csc2c1ccc1ccccc12. The van der Waals surface area contributed by atoms with Crippen LogP contribution in [0.2, 0.25) is 0 Å². The number of carbonyl (C=O) groups excluding carboxylic acids is 1. The third kappa shape index (κ3) is 1.22. The highest BCUT2D eigenvalue weighted by Gasteiger charge is 2.10. The van der Waals surface area contributed by atoms with E-state index >= 15 is 0 Å². The topological polar surface area (TPSA) is 43.1 Å². The van der Waals surface area contributed by atoms with Crippen LogP contribution in [-0.2, 0) is 0 Å². The molecular formula is C13H9NOS. The summed E-state index contributed by atoms with van der Waals surface area (Å²) in [7, 11) is 0. The van der Waals surface area contributed by atoms with Crippen molar-refractivity contribution in [3.8, 4) is 0 Å². The van der Waals surface area contributed by atoms with Gasteiger partial charge in [-0.1, -0.05) is 36.4 Å². The predicted octanol–water partition coefficient (Wildman–Crippen LogP) is 3.15. The van der Waals surface area contributed by atoms with Crippen molar-refractivity contribution in [3.63, 3.8) is 0 Å². The molecule has 3 aromatic rings. The summed E-state index contributed by atoms with van der Waals surface area (Å²) in [6, 6.07) is 12.1. The Hall–Kier alpha value is -1.87. The lowest BCUT2D eigenvalue weighted by Crippen LogP contribution is -2.09. The molecule has 0 atom stereocenters. The Bertz CT molecular complexity index is 699. The molecule has 1 amide bonds. The molecule has 0 aliphatic carbocycles. The third-order valence-corrected chi connectivity index (χ3v) is 3.76. The molecule has 0 saturated heterocycles. The highest BCUT2D eigenvalue weighted by atomic mass is 32.1. The van der Waals surface area contributed by atoms with Crippen LogP contribution in [0.5, 0.6) is 0 Å². The van der Waals surface area contributed by atoms with E-state index in [1.54, 1.807) is 11.3 Å². The summed E-state index contributed by atoms with van der Waals surface area (Å²) >= 11 is 1.57. The van der Waals surface area contributed by atoms with Crippen molar-refractivity contribution < 1.29 is 4.79 Å². The molecule has 2 nitrogen and oxygen atoms in total. The van der Waals surface area contributed by atoms with Gasteiger partial charge in [-0.15, -0.1) is 11.3 Å². The summed E-state index contributed by atoms with van der Waals surface area (Å²) in [6.45, 7) is 0. The van der Waals surface area contributed by atoms with Gasteiger partial charge >= 0.3 is 0 Å². The quantitative estimate of drug-likeness (QED) is 0.681. The van der Waals surface area contributed by atoms with Crippen LogP contribution in [0.3, 0.4) is 0 Å². The number of amides is 1. The molecular weight excluding hydrogens is 218 g/mol. The smallest absolute Gasteiger partial charge is 0.250 e. The van der Waals surface area contributed by atoms with Crippen LogP contribution < -0.4 is 5.73 Å². The van der Waals surface area contributed by atoms with Gasteiger partial charge in [0.1, 0.15) is 0 Å². The number of nitrogens with two attached hydrogens (primary N) is 1. The molecule has 0 aliphatic heterocycles. The van der Waals surface area contributed by atoms with E-state index in [4.69, 9.17) is 5.73 Å². The predicted molar refractivity (Wildman–Crippen MR) is 67.8 cm³/mol. The molecule has 0 aliphatic rings. The minimum atomic E-state index is -0.360. The third-order valence-electron chi connectivity index (χ3n) is 2.73. The van der Waals surface area contributed by atoms with Crippen LogP contribution >= 0.6 is 11.3 Å². The molecule has 2 N–H and O–H groups in total. The van der Waals surface area contributed by atoms with E-state index in [1.165, 1.54) is 10.8 Å². The van der Waals surface area contributed by atoms with E-state index in [0.29, 0.717) is 5.56 Å². The second kappa shape index (κ2) is 3.32. The van der Waals surface area contributed by atoms with E-state index in [9.17, 15) is 4.79 Å². The first-order valence-electron chi connectivity index (χ1n) is 4.96. The molecule has 0 spiro atoms. The summed E-state index contributed by atoms with van der Waals surface area (Å²) in [5.74, 6) is -0.360. The maximum Gasteiger partial charge on any atom is 0.250 e. The molecule has 0 radical (unpaired) electrons. The molecule has 78 valence electrons. The fraction of sp³-hybridized carbons (Fsp3) is 0. The molecule has 1 aromatic heterocycles. The zero-order chi connectivity index (χ0) is 11.1. The zero-order valence-electron chi connectivity index (χ0n) is 8.44. The van der Waals surface area contributed by atoms with Gasteiger partial charge in [0.15, 0.2) is 0 Å². The number of hydrogen-bond donors (Lipinski definition) is 1. The average molecular weight is 227 g/mol. The lowest BCUT2D eigenvalue weighted by molar-refractivity contribution is 0.100. The van der Waals surface area contributed by atoms with Gasteiger partial charge in [-0.25, -0.2) is 0 Å². The van der Waals surface area contributed by atoms with E-state index in [-0.39, 0.29) is 5.91 Å².